The van der Waals surface area contributed by atoms with E-state index in [2.05, 4.69) is 5.32 Å². The largest absolute Gasteiger partial charge is 0.454 e. The van der Waals surface area contributed by atoms with Crippen LogP contribution >= 0.6 is 11.6 Å². The first-order valence-corrected chi connectivity index (χ1v) is 15.5. The van der Waals surface area contributed by atoms with Crippen LogP contribution in [0.5, 0.6) is 11.5 Å². The molecule has 0 spiro atoms. The normalized spacial score (nSPS) is 13.0. The molecule has 41 heavy (non-hydrogen) atoms. The number of carbonyl (C=O) groups is 2. The maximum atomic E-state index is 14.2. The van der Waals surface area contributed by atoms with Crippen LogP contribution in [-0.2, 0) is 32.6 Å². The van der Waals surface area contributed by atoms with E-state index in [0.29, 0.717) is 23.1 Å². The van der Waals surface area contributed by atoms with E-state index >= 15 is 0 Å². The van der Waals surface area contributed by atoms with Gasteiger partial charge in [-0.2, -0.15) is 0 Å². The molecule has 0 saturated heterocycles. The summed E-state index contributed by atoms with van der Waals surface area (Å²) in [6, 6.07) is 20.2. The van der Waals surface area contributed by atoms with Crippen LogP contribution in [0.1, 0.15) is 31.4 Å². The lowest BCUT2D eigenvalue weighted by Gasteiger charge is -2.33. The van der Waals surface area contributed by atoms with Gasteiger partial charge in [-0.25, -0.2) is 8.42 Å². The molecule has 0 radical (unpaired) electrons. The molecule has 0 aromatic heterocycles. The Morgan fingerprint density at radius 1 is 0.951 bits per heavy atom. The summed E-state index contributed by atoms with van der Waals surface area (Å²) in [6.07, 6.45) is 0.974. The van der Waals surface area contributed by atoms with Gasteiger partial charge in [-0.15, -0.1) is 0 Å². The predicted octanol–water partition coefficient (Wildman–Crippen LogP) is 4.39. The third-order valence-corrected chi connectivity index (χ3v) is 8.70. The number of fused-ring (bicyclic) bond motifs is 1. The Hall–Kier alpha value is -3.76. The average Bonchev–Trinajstić information content (AvgIpc) is 3.46. The second-order valence-corrected chi connectivity index (χ2v) is 12.2. The number of benzene rings is 3. The SMILES string of the molecule is CCCNC(=O)[C@H](Cc1ccccc1)N(Cc1ccc(Cl)cc1)C(=O)CN(c1ccc2c(c1)OCO2)S(=O)(=O)CC. The van der Waals surface area contributed by atoms with E-state index in [1.165, 1.54) is 11.8 Å². The van der Waals surface area contributed by atoms with E-state index in [4.69, 9.17) is 21.1 Å². The summed E-state index contributed by atoms with van der Waals surface area (Å²) in [5.41, 5.74) is 1.88. The minimum atomic E-state index is -3.89. The van der Waals surface area contributed by atoms with Crippen LogP contribution in [0.3, 0.4) is 0 Å². The van der Waals surface area contributed by atoms with Gasteiger partial charge in [0.15, 0.2) is 11.5 Å². The van der Waals surface area contributed by atoms with Gasteiger partial charge >= 0.3 is 0 Å². The van der Waals surface area contributed by atoms with Crippen molar-refractivity contribution < 1.29 is 27.5 Å². The highest BCUT2D eigenvalue weighted by atomic mass is 35.5. The average molecular weight is 600 g/mol. The molecule has 3 aromatic carbocycles. The number of nitrogens with one attached hydrogen (secondary N) is 1. The third-order valence-electron chi connectivity index (χ3n) is 6.71. The van der Waals surface area contributed by atoms with Crippen molar-refractivity contribution in [3.63, 3.8) is 0 Å². The minimum absolute atomic E-state index is 0.0289. The van der Waals surface area contributed by atoms with E-state index in [0.717, 1.165) is 21.9 Å². The third kappa shape index (κ3) is 7.71. The maximum absolute atomic E-state index is 14.2. The molecule has 3 aromatic rings. The van der Waals surface area contributed by atoms with Crippen LogP contribution < -0.4 is 19.1 Å². The highest BCUT2D eigenvalue weighted by Crippen LogP contribution is 2.36. The Labute approximate surface area is 246 Å². The summed E-state index contributed by atoms with van der Waals surface area (Å²) < 4.78 is 38.4. The molecule has 11 heteroatoms. The zero-order chi connectivity index (χ0) is 29.4. The Morgan fingerprint density at radius 2 is 1.66 bits per heavy atom. The van der Waals surface area contributed by atoms with Crippen LogP contribution in [0.2, 0.25) is 5.02 Å². The minimum Gasteiger partial charge on any atom is -0.454 e. The number of hydrogen-bond donors (Lipinski definition) is 1. The van der Waals surface area contributed by atoms with Gasteiger partial charge in [-0.05, 0) is 48.7 Å². The molecular weight excluding hydrogens is 566 g/mol. The van der Waals surface area contributed by atoms with E-state index in [1.807, 2.05) is 37.3 Å². The molecule has 1 atom stereocenters. The van der Waals surface area contributed by atoms with Crippen molar-refractivity contribution in [1.82, 2.24) is 10.2 Å². The van der Waals surface area contributed by atoms with Gasteiger partial charge in [0.2, 0.25) is 28.6 Å². The van der Waals surface area contributed by atoms with Crippen molar-refractivity contribution in [1.29, 1.82) is 0 Å². The smallest absolute Gasteiger partial charge is 0.244 e. The molecule has 0 aliphatic carbocycles. The number of anilines is 1. The Morgan fingerprint density at radius 3 is 2.34 bits per heavy atom. The van der Waals surface area contributed by atoms with Crippen molar-refractivity contribution in [2.75, 3.05) is 29.9 Å². The molecule has 1 aliphatic heterocycles. The highest BCUT2D eigenvalue weighted by molar-refractivity contribution is 7.92. The number of rotatable bonds is 13. The first kappa shape index (κ1) is 30.2. The zero-order valence-corrected chi connectivity index (χ0v) is 24.7. The summed E-state index contributed by atoms with van der Waals surface area (Å²) in [5.74, 6) is -0.178. The summed E-state index contributed by atoms with van der Waals surface area (Å²) in [7, 11) is -3.89. The van der Waals surface area contributed by atoms with Gasteiger partial charge in [-0.3, -0.25) is 13.9 Å². The van der Waals surface area contributed by atoms with Gasteiger partial charge in [0.25, 0.3) is 0 Å². The van der Waals surface area contributed by atoms with Crippen LogP contribution in [0.25, 0.3) is 0 Å². The van der Waals surface area contributed by atoms with Crippen LogP contribution in [-0.4, -0.2) is 56.8 Å². The molecule has 0 fully saturated rings. The standard InChI is InChI=1S/C30H34ClN3O6S/c1-3-16-32-30(36)26(17-22-8-6-5-7-9-22)33(19-23-10-12-24(31)13-11-23)29(35)20-34(41(37,38)4-2)25-14-15-27-28(18-25)40-21-39-27/h5-15,18,26H,3-4,16-17,19-21H2,1-2H3,(H,32,36)/t26-/m0/s1. The number of sulfonamides is 1. The monoisotopic (exact) mass is 599 g/mol. The van der Waals surface area contributed by atoms with Crippen LogP contribution in [0, 0.1) is 0 Å². The Kier molecular flexibility index (Phi) is 10.1. The highest BCUT2D eigenvalue weighted by Gasteiger charge is 2.34. The van der Waals surface area contributed by atoms with E-state index in [1.54, 1.807) is 42.5 Å². The number of amides is 2. The lowest BCUT2D eigenvalue weighted by Crippen LogP contribution is -2.53. The van der Waals surface area contributed by atoms with Crippen molar-refractivity contribution in [3.8, 4) is 11.5 Å². The van der Waals surface area contributed by atoms with Crippen molar-refractivity contribution >= 4 is 39.1 Å². The number of carbonyl (C=O) groups excluding carboxylic acids is 2. The lowest BCUT2D eigenvalue weighted by molar-refractivity contribution is -0.140. The second-order valence-electron chi connectivity index (χ2n) is 9.59. The quantitative estimate of drug-likeness (QED) is 0.312. The number of halogens is 1. The molecule has 2 amide bonds. The summed E-state index contributed by atoms with van der Waals surface area (Å²) in [4.78, 5) is 29.2. The molecule has 0 saturated carbocycles. The van der Waals surface area contributed by atoms with Gasteiger partial charge in [0.1, 0.15) is 12.6 Å². The number of nitrogens with zero attached hydrogens (tertiary/aromatic N) is 2. The number of ether oxygens (including phenoxy) is 2. The number of hydrogen-bond acceptors (Lipinski definition) is 6. The fraction of sp³-hybridized carbons (Fsp3) is 0.333. The van der Waals surface area contributed by atoms with E-state index in [-0.39, 0.29) is 37.1 Å². The fourth-order valence-corrected chi connectivity index (χ4v) is 5.65. The van der Waals surface area contributed by atoms with Crippen LogP contribution in [0.15, 0.2) is 72.8 Å². The van der Waals surface area contributed by atoms with Gasteiger partial charge in [-0.1, -0.05) is 61.0 Å². The summed E-state index contributed by atoms with van der Waals surface area (Å²) >= 11 is 6.09. The first-order valence-electron chi connectivity index (χ1n) is 13.5. The van der Waals surface area contributed by atoms with E-state index in [9.17, 15) is 18.0 Å². The molecular formula is C30H34ClN3O6S. The van der Waals surface area contributed by atoms with Gasteiger partial charge in [0, 0.05) is 30.6 Å². The molecule has 1 heterocycles. The molecule has 9 nitrogen and oxygen atoms in total. The molecule has 218 valence electrons. The van der Waals surface area contributed by atoms with Crippen molar-refractivity contribution in [2.45, 2.75) is 39.3 Å². The molecule has 0 unspecified atom stereocenters. The molecule has 4 rings (SSSR count). The van der Waals surface area contributed by atoms with Crippen molar-refractivity contribution in [2.24, 2.45) is 0 Å². The Bertz CT molecular complexity index is 1450. The lowest BCUT2D eigenvalue weighted by atomic mass is 10.0. The summed E-state index contributed by atoms with van der Waals surface area (Å²) in [6.45, 7) is 3.51. The molecule has 1 N–H and O–H groups in total. The predicted molar refractivity (Wildman–Crippen MR) is 159 cm³/mol. The Balaban J connectivity index is 1.73. The topological polar surface area (TPSA) is 105 Å². The first-order chi connectivity index (χ1) is 19.7. The second kappa shape index (κ2) is 13.7. The van der Waals surface area contributed by atoms with Gasteiger partial charge < -0.3 is 19.7 Å². The van der Waals surface area contributed by atoms with Gasteiger partial charge in [0.05, 0.1) is 11.4 Å². The zero-order valence-electron chi connectivity index (χ0n) is 23.1. The maximum Gasteiger partial charge on any atom is 0.244 e. The molecule has 0 bridgehead atoms. The van der Waals surface area contributed by atoms with E-state index < -0.39 is 28.5 Å². The fourth-order valence-electron chi connectivity index (χ4n) is 4.47. The molecule has 1 aliphatic rings. The summed E-state index contributed by atoms with van der Waals surface area (Å²) in [5, 5.41) is 3.46. The van der Waals surface area contributed by atoms with Crippen LogP contribution in [0.4, 0.5) is 5.69 Å². The van der Waals surface area contributed by atoms with Crippen molar-refractivity contribution in [3.05, 3.63) is 88.9 Å².